The van der Waals surface area contributed by atoms with E-state index >= 15 is 0 Å². The first-order chi connectivity index (χ1) is 15.8. The number of ether oxygens (including phenoxy) is 2. The summed E-state index contributed by atoms with van der Waals surface area (Å²) in [6.45, 7) is 10.7. The van der Waals surface area contributed by atoms with Crippen molar-refractivity contribution in [1.29, 1.82) is 0 Å². The molecular formula is C29H39NO3. The Labute approximate surface area is 199 Å². The number of carbonyl (C=O) groups excluding carboxylic acids is 1. The molecule has 4 aliphatic rings. The van der Waals surface area contributed by atoms with Gasteiger partial charge in [-0.25, -0.2) is 0 Å². The molecule has 1 saturated heterocycles. The molecule has 1 amide bonds. The number of amides is 1. The van der Waals surface area contributed by atoms with Gasteiger partial charge in [0.1, 0.15) is 0 Å². The van der Waals surface area contributed by atoms with E-state index in [4.69, 9.17) is 9.47 Å². The molecule has 178 valence electrons. The lowest BCUT2D eigenvalue weighted by molar-refractivity contribution is -0.116. The number of rotatable bonds is 6. The zero-order valence-corrected chi connectivity index (χ0v) is 20.8. The van der Waals surface area contributed by atoms with Gasteiger partial charge in [0.05, 0.1) is 19.0 Å². The summed E-state index contributed by atoms with van der Waals surface area (Å²) in [5.74, 6) is 2.65. The normalized spacial score (nSPS) is 33.1. The van der Waals surface area contributed by atoms with Crippen molar-refractivity contribution in [3.63, 3.8) is 0 Å². The Bertz CT molecular complexity index is 961. The Morgan fingerprint density at radius 1 is 1.24 bits per heavy atom. The maximum absolute atomic E-state index is 13.0. The van der Waals surface area contributed by atoms with Crippen LogP contribution in [0.2, 0.25) is 0 Å². The van der Waals surface area contributed by atoms with Crippen LogP contribution in [-0.2, 0) is 14.3 Å². The van der Waals surface area contributed by atoms with Gasteiger partial charge in [-0.3, -0.25) is 4.79 Å². The van der Waals surface area contributed by atoms with E-state index in [1.807, 2.05) is 6.92 Å². The minimum absolute atomic E-state index is 0.0107. The van der Waals surface area contributed by atoms with Crippen molar-refractivity contribution in [3.8, 4) is 0 Å². The molecule has 0 aromatic carbocycles. The maximum atomic E-state index is 13.0. The molecule has 1 heterocycles. The predicted molar refractivity (Wildman–Crippen MR) is 133 cm³/mol. The quantitative estimate of drug-likeness (QED) is 0.411. The third-order valence-corrected chi connectivity index (χ3v) is 7.88. The molecule has 0 aromatic rings. The van der Waals surface area contributed by atoms with E-state index in [-0.39, 0.29) is 29.9 Å². The number of methoxy groups -OCH3 is 2. The summed E-state index contributed by atoms with van der Waals surface area (Å²) in [7, 11) is 3.53. The van der Waals surface area contributed by atoms with Gasteiger partial charge in [0.25, 0.3) is 0 Å². The Hall–Kier alpha value is -2.33. The second-order valence-electron chi connectivity index (χ2n) is 10.4. The van der Waals surface area contributed by atoms with Crippen LogP contribution in [0, 0.1) is 23.7 Å². The lowest BCUT2D eigenvalue weighted by Crippen LogP contribution is -2.32. The van der Waals surface area contributed by atoms with E-state index in [0.717, 1.165) is 53.7 Å². The number of fused-ring (bicyclic) bond motifs is 1. The fourth-order valence-corrected chi connectivity index (χ4v) is 5.99. The van der Waals surface area contributed by atoms with Gasteiger partial charge in [-0.2, -0.15) is 0 Å². The molecule has 33 heavy (non-hydrogen) atoms. The topological polar surface area (TPSA) is 47.6 Å². The zero-order chi connectivity index (χ0) is 23.7. The minimum atomic E-state index is 0.0107. The molecule has 4 heteroatoms. The second kappa shape index (κ2) is 9.89. The number of carbonyl (C=O) groups is 1. The Morgan fingerprint density at radius 3 is 2.70 bits per heavy atom. The molecule has 3 aliphatic carbocycles. The third kappa shape index (κ3) is 4.82. The average Bonchev–Trinajstić information content (AvgIpc) is 3.12. The van der Waals surface area contributed by atoms with Crippen LogP contribution in [0.15, 0.2) is 70.6 Å². The lowest BCUT2D eigenvalue weighted by Gasteiger charge is -2.33. The van der Waals surface area contributed by atoms with Gasteiger partial charge in [-0.1, -0.05) is 43.7 Å². The Morgan fingerprint density at radius 2 is 2.03 bits per heavy atom. The van der Waals surface area contributed by atoms with Crippen molar-refractivity contribution in [2.45, 2.75) is 65.0 Å². The Kier molecular flexibility index (Phi) is 7.13. The number of allylic oxidation sites excluding steroid dienone is 6. The van der Waals surface area contributed by atoms with Crippen molar-refractivity contribution in [2.75, 3.05) is 14.2 Å². The molecule has 1 fully saturated rings. The monoisotopic (exact) mass is 449 g/mol. The van der Waals surface area contributed by atoms with Crippen molar-refractivity contribution >= 4 is 5.91 Å². The highest BCUT2D eigenvalue weighted by atomic mass is 16.5. The van der Waals surface area contributed by atoms with Crippen molar-refractivity contribution in [3.05, 3.63) is 70.6 Å². The van der Waals surface area contributed by atoms with Crippen LogP contribution in [0.1, 0.15) is 52.9 Å². The zero-order valence-electron chi connectivity index (χ0n) is 20.8. The van der Waals surface area contributed by atoms with Crippen LogP contribution in [0.5, 0.6) is 0 Å². The van der Waals surface area contributed by atoms with Gasteiger partial charge in [0.15, 0.2) is 0 Å². The molecule has 1 N–H and O–H groups in total. The van der Waals surface area contributed by atoms with Crippen LogP contribution in [-0.4, -0.2) is 32.3 Å². The smallest absolute Gasteiger partial charge is 0.247 e. The summed E-state index contributed by atoms with van der Waals surface area (Å²) in [5.41, 5.74) is 5.66. The first-order valence-electron chi connectivity index (χ1n) is 12.4. The number of hydrogen-bond acceptors (Lipinski definition) is 3. The summed E-state index contributed by atoms with van der Waals surface area (Å²) in [6.07, 6.45) is 16.3. The summed E-state index contributed by atoms with van der Waals surface area (Å²) in [6, 6.07) is 0.196. The van der Waals surface area contributed by atoms with Crippen LogP contribution < -0.4 is 5.32 Å². The molecule has 5 atom stereocenters. The Balaban J connectivity index is 1.58. The highest BCUT2D eigenvalue weighted by Crippen LogP contribution is 2.42. The van der Waals surface area contributed by atoms with Crippen molar-refractivity contribution < 1.29 is 14.3 Å². The summed E-state index contributed by atoms with van der Waals surface area (Å²) >= 11 is 0. The van der Waals surface area contributed by atoms with E-state index < -0.39 is 0 Å². The maximum Gasteiger partial charge on any atom is 0.247 e. The molecule has 1 aliphatic heterocycles. The van der Waals surface area contributed by atoms with Gasteiger partial charge in [0, 0.05) is 37.0 Å². The standard InChI is InChI=1S/C29H39NO3/c1-17(2)24-12-19(13-25(18(3)4)28(24)33-6)14-26-23-11-10-21(16-27(23)30-29(26)31)20-8-7-9-22(15-20)32-5/h9-10,12-14,18,20,23,25,27-28H,1,7-8,11,15-16H2,2-6H3,(H,30,31)/b26-14+/t20?,23?,25?,27?,28-/m1/s1. The SMILES string of the molecule is C=C(C)C1=CC(/C=C2/C(=O)NC3CC(C4CCC=C(OC)C4)=CCC23)=CC(C(C)C)[C@@H]1OC. The van der Waals surface area contributed by atoms with Gasteiger partial charge in [-0.05, 0) is 73.8 Å². The van der Waals surface area contributed by atoms with Crippen LogP contribution in [0.25, 0.3) is 0 Å². The van der Waals surface area contributed by atoms with Crippen LogP contribution in [0.4, 0.5) is 0 Å². The van der Waals surface area contributed by atoms with Gasteiger partial charge < -0.3 is 14.8 Å². The first-order valence-corrected chi connectivity index (χ1v) is 12.4. The molecule has 0 saturated carbocycles. The van der Waals surface area contributed by atoms with E-state index in [1.165, 1.54) is 12.0 Å². The molecule has 4 unspecified atom stereocenters. The van der Waals surface area contributed by atoms with E-state index in [0.29, 0.717) is 11.8 Å². The highest BCUT2D eigenvalue weighted by Gasteiger charge is 2.40. The lowest BCUT2D eigenvalue weighted by atomic mass is 9.75. The van der Waals surface area contributed by atoms with Crippen LogP contribution in [0.3, 0.4) is 0 Å². The van der Waals surface area contributed by atoms with E-state index in [9.17, 15) is 4.79 Å². The van der Waals surface area contributed by atoms with Gasteiger partial charge >= 0.3 is 0 Å². The number of nitrogens with one attached hydrogen (secondary N) is 1. The predicted octanol–water partition coefficient (Wildman–Crippen LogP) is 5.81. The van der Waals surface area contributed by atoms with Gasteiger partial charge in [0.2, 0.25) is 5.91 Å². The molecule has 4 nitrogen and oxygen atoms in total. The second-order valence-corrected chi connectivity index (χ2v) is 10.4. The summed E-state index contributed by atoms with van der Waals surface area (Å²) in [5, 5.41) is 3.29. The number of hydrogen-bond donors (Lipinski definition) is 1. The summed E-state index contributed by atoms with van der Waals surface area (Å²) in [4.78, 5) is 13.0. The summed E-state index contributed by atoms with van der Waals surface area (Å²) < 4.78 is 11.4. The molecule has 0 radical (unpaired) electrons. The molecule has 0 spiro atoms. The third-order valence-electron chi connectivity index (χ3n) is 7.88. The highest BCUT2D eigenvalue weighted by molar-refractivity contribution is 5.97. The first kappa shape index (κ1) is 23.8. The van der Waals surface area contributed by atoms with E-state index in [2.05, 4.69) is 56.1 Å². The van der Waals surface area contributed by atoms with Crippen molar-refractivity contribution in [2.24, 2.45) is 23.7 Å². The molecular weight excluding hydrogens is 410 g/mol. The average molecular weight is 450 g/mol. The fourth-order valence-electron chi connectivity index (χ4n) is 5.99. The van der Waals surface area contributed by atoms with Crippen LogP contribution >= 0.6 is 0 Å². The molecule has 4 rings (SSSR count). The molecule has 0 bridgehead atoms. The largest absolute Gasteiger partial charge is 0.501 e. The minimum Gasteiger partial charge on any atom is -0.501 e. The van der Waals surface area contributed by atoms with Gasteiger partial charge in [-0.15, -0.1) is 0 Å². The van der Waals surface area contributed by atoms with E-state index in [1.54, 1.807) is 14.2 Å². The fraction of sp³-hybridized carbons (Fsp3) is 0.552. The molecule has 0 aromatic heterocycles. The van der Waals surface area contributed by atoms with Crippen molar-refractivity contribution in [1.82, 2.24) is 5.32 Å².